The van der Waals surface area contributed by atoms with E-state index in [0.29, 0.717) is 19.1 Å². The van der Waals surface area contributed by atoms with Crippen LogP contribution in [0.25, 0.3) is 0 Å². The normalized spacial score (nSPS) is 14.9. The zero-order valence-electron chi connectivity index (χ0n) is 15.5. The highest BCUT2D eigenvalue weighted by Crippen LogP contribution is 2.54. The van der Waals surface area contributed by atoms with Gasteiger partial charge in [-0.1, -0.05) is 32.4 Å². The monoisotopic (exact) mass is 333 g/mol. The Morgan fingerprint density at radius 1 is 1.14 bits per heavy atom. The van der Waals surface area contributed by atoms with Gasteiger partial charge in [0, 0.05) is 6.04 Å². The summed E-state index contributed by atoms with van der Waals surface area (Å²) < 4.78 is 24.1. The Hall–Kier alpha value is -0.150. The summed E-state index contributed by atoms with van der Waals surface area (Å²) in [6.45, 7) is 15.1. The van der Waals surface area contributed by atoms with Crippen LogP contribution in [0.3, 0.4) is 0 Å². The summed E-state index contributed by atoms with van der Waals surface area (Å²) >= 11 is 0. The second-order valence-corrected chi connectivity index (χ2v) is 8.63. The van der Waals surface area contributed by atoms with Crippen LogP contribution < -0.4 is 5.32 Å². The first-order valence-corrected chi connectivity index (χ1v) is 10.1. The van der Waals surface area contributed by atoms with Crippen molar-refractivity contribution < 1.29 is 13.6 Å². The van der Waals surface area contributed by atoms with Crippen LogP contribution in [-0.4, -0.2) is 25.0 Å². The van der Waals surface area contributed by atoms with Crippen LogP contribution in [0.5, 0.6) is 0 Å². The largest absolute Gasteiger partial charge is 0.347 e. The van der Waals surface area contributed by atoms with Crippen molar-refractivity contribution in [3.8, 4) is 0 Å². The summed E-state index contributed by atoms with van der Waals surface area (Å²) in [4.78, 5) is 0. The highest BCUT2D eigenvalue weighted by atomic mass is 31.2. The number of hydrogen-bond acceptors (Lipinski definition) is 4. The summed E-state index contributed by atoms with van der Waals surface area (Å²) in [7, 11) is -3.11. The first-order chi connectivity index (χ1) is 10.2. The third-order valence-electron chi connectivity index (χ3n) is 3.36. The van der Waals surface area contributed by atoms with E-state index >= 15 is 0 Å². The standard InChI is InChI=1S/C17H36NO3P/c1-8-20-22(19,21-9-2)17(18-15(5)6)13-16(7)12-10-11-14(3)4/h11,15-18H,8-10,12-13H2,1-7H3. The van der Waals surface area contributed by atoms with Crippen LogP contribution in [0.4, 0.5) is 0 Å². The molecule has 2 unspecified atom stereocenters. The van der Waals surface area contributed by atoms with Gasteiger partial charge in [0.05, 0.1) is 13.2 Å². The van der Waals surface area contributed by atoms with Crippen LogP contribution in [-0.2, 0) is 13.6 Å². The molecule has 0 amide bonds. The molecule has 2 atom stereocenters. The van der Waals surface area contributed by atoms with Crippen molar-refractivity contribution in [3.05, 3.63) is 11.6 Å². The highest BCUT2D eigenvalue weighted by Gasteiger charge is 2.36. The number of rotatable bonds is 12. The SMILES string of the molecule is CCOP(=O)(OCC)C(CC(C)CCC=C(C)C)NC(C)C. The van der Waals surface area contributed by atoms with Crippen molar-refractivity contribution in [1.29, 1.82) is 0 Å². The predicted molar refractivity (Wildman–Crippen MR) is 95.4 cm³/mol. The zero-order chi connectivity index (χ0) is 17.2. The lowest BCUT2D eigenvalue weighted by Crippen LogP contribution is -2.37. The number of allylic oxidation sites excluding steroid dienone is 2. The average molecular weight is 333 g/mol. The van der Waals surface area contributed by atoms with Gasteiger partial charge in [0.2, 0.25) is 0 Å². The lowest BCUT2D eigenvalue weighted by atomic mass is 10.0. The molecule has 0 radical (unpaired) electrons. The summed E-state index contributed by atoms with van der Waals surface area (Å²) in [5.41, 5.74) is 1.35. The Balaban J connectivity index is 4.87. The summed E-state index contributed by atoms with van der Waals surface area (Å²) in [5, 5.41) is 3.39. The van der Waals surface area contributed by atoms with Crippen LogP contribution in [0.1, 0.15) is 67.7 Å². The average Bonchev–Trinajstić information content (AvgIpc) is 2.37. The van der Waals surface area contributed by atoms with Gasteiger partial charge in [-0.25, -0.2) is 0 Å². The molecule has 0 bridgehead atoms. The predicted octanol–water partition coefficient (Wildman–Crippen LogP) is 5.35. The molecule has 0 aromatic rings. The molecule has 0 aliphatic heterocycles. The Morgan fingerprint density at radius 2 is 1.68 bits per heavy atom. The van der Waals surface area contributed by atoms with Crippen molar-refractivity contribution in [2.75, 3.05) is 13.2 Å². The molecular weight excluding hydrogens is 297 g/mol. The van der Waals surface area contributed by atoms with Gasteiger partial charge in [0.1, 0.15) is 5.78 Å². The molecule has 0 aromatic carbocycles. The van der Waals surface area contributed by atoms with Gasteiger partial charge < -0.3 is 14.4 Å². The molecule has 4 nitrogen and oxygen atoms in total. The molecule has 22 heavy (non-hydrogen) atoms. The summed E-state index contributed by atoms with van der Waals surface area (Å²) in [6.07, 6.45) is 5.20. The Kier molecular flexibility index (Phi) is 11.3. The minimum Gasteiger partial charge on any atom is -0.308 e. The minimum absolute atomic E-state index is 0.240. The first-order valence-electron chi connectivity index (χ1n) is 8.53. The molecule has 0 fully saturated rings. The van der Waals surface area contributed by atoms with E-state index in [9.17, 15) is 4.57 Å². The zero-order valence-corrected chi connectivity index (χ0v) is 16.4. The molecule has 132 valence electrons. The second-order valence-electron chi connectivity index (χ2n) is 6.41. The van der Waals surface area contributed by atoms with Gasteiger partial charge in [-0.2, -0.15) is 0 Å². The van der Waals surface area contributed by atoms with Crippen LogP contribution >= 0.6 is 7.60 Å². The van der Waals surface area contributed by atoms with Crippen molar-refractivity contribution in [1.82, 2.24) is 5.32 Å². The molecule has 0 aliphatic carbocycles. The van der Waals surface area contributed by atoms with E-state index in [1.807, 2.05) is 13.8 Å². The van der Waals surface area contributed by atoms with Gasteiger partial charge in [-0.05, 0) is 52.9 Å². The number of hydrogen-bond donors (Lipinski definition) is 1. The molecule has 5 heteroatoms. The topological polar surface area (TPSA) is 47.6 Å². The minimum atomic E-state index is -3.11. The van der Waals surface area contributed by atoms with E-state index in [1.54, 1.807) is 0 Å². The maximum atomic E-state index is 13.0. The van der Waals surface area contributed by atoms with Crippen molar-refractivity contribution >= 4 is 7.60 Å². The van der Waals surface area contributed by atoms with Crippen molar-refractivity contribution in [2.45, 2.75) is 79.6 Å². The smallest absolute Gasteiger partial charge is 0.308 e. The molecule has 0 aromatic heterocycles. The van der Waals surface area contributed by atoms with Gasteiger partial charge in [-0.3, -0.25) is 4.57 Å². The van der Waals surface area contributed by atoms with Gasteiger partial charge >= 0.3 is 7.60 Å². The van der Waals surface area contributed by atoms with Crippen LogP contribution in [0.2, 0.25) is 0 Å². The van der Waals surface area contributed by atoms with E-state index in [0.717, 1.165) is 19.3 Å². The van der Waals surface area contributed by atoms with Crippen molar-refractivity contribution in [3.63, 3.8) is 0 Å². The van der Waals surface area contributed by atoms with Crippen LogP contribution in [0, 0.1) is 5.92 Å². The molecule has 0 saturated heterocycles. The molecule has 0 saturated carbocycles. The Labute approximate surface area is 137 Å². The molecule has 1 N–H and O–H groups in total. The van der Waals surface area contributed by atoms with E-state index in [1.165, 1.54) is 5.57 Å². The summed E-state index contributed by atoms with van der Waals surface area (Å²) in [6, 6.07) is 0.240. The first kappa shape index (κ1) is 21.9. The fraction of sp³-hybridized carbons (Fsp3) is 0.882. The van der Waals surface area contributed by atoms with Gasteiger partial charge in [0.25, 0.3) is 0 Å². The van der Waals surface area contributed by atoms with E-state index in [4.69, 9.17) is 9.05 Å². The lowest BCUT2D eigenvalue weighted by Gasteiger charge is -2.30. The molecule has 0 heterocycles. The molecule has 0 rings (SSSR count). The van der Waals surface area contributed by atoms with E-state index < -0.39 is 7.60 Å². The fourth-order valence-electron chi connectivity index (χ4n) is 2.41. The molecular formula is C17H36NO3P. The molecule has 0 aliphatic rings. The Morgan fingerprint density at radius 3 is 2.09 bits per heavy atom. The van der Waals surface area contributed by atoms with Gasteiger partial charge in [-0.15, -0.1) is 0 Å². The second kappa shape index (κ2) is 11.4. The fourth-order valence-corrected chi connectivity index (χ4v) is 4.66. The van der Waals surface area contributed by atoms with Gasteiger partial charge in [0.15, 0.2) is 0 Å². The number of nitrogens with one attached hydrogen (secondary N) is 1. The maximum absolute atomic E-state index is 13.0. The van der Waals surface area contributed by atoms with Crippen LogP contribution in [0.15, 0.2) is 11.6 Å². The summed E-state index contributed by atoms with van der Waals surface area (Å²) in [5.74, 6) is 0.218. The van der Waals surface area contributed by atoms with E-state index in [-0.39, 0.29) is 11.8 Å². The Bertz CT molecular complexity index is 355. The third-order valence-corrected chi connectivity index (χ3v) is 5.72. The molecule has 0 spiro atoms. The van der Waals surface area contributed by atoms with E-state index in [2.05, 4.69) is 46.0 Å². The lowest BCUT2D eigenvalue weighted by molar-refractivity contribution is 0.200. The highest BCUT2D eigenvalue weighted by molar-refractivity contribution is 7.54. The quantitative estimate of drug-likeness (QED) is 0.386. The maximum Gasteiger partial charge on any atom is 0.347 e. The third kappa shape index (κ3) is 9.09. The van der Waals surface area contributed by atoms with Crippen molar-refractivity contribution in [2.24, 2.45) is 5.92 Å².